The minimum atomic E-state index is -0.641. The molecule has 0 atom stereocenters. The molecule has 3 rings (SSSR count). The fourth-order valence-electron chi connectivity index (χ4n) is 2.64. The molecule has 0 aromatic heterocycles. The summed E-state index contributed by atoms with van der Waals surface area (Å²) in [5, 5.41) is 2.45. The normalized spacial score (nSPS) is 12.2. The van der Waals surface area contributed by atoms with Crippen molar-refractivity contribution >= 4 is 17.6 Å². The molecule has 0 saturated carbocycles. The van der Waals surface area contributed by atoms with Gasteiger partial charge in [0.15, 0.2) is 6.61 Å². The smallest absolute Gasteiger partial charge is 0.337 e. The van der Waals surface area contributed by atoms with Crippen LogP contribution in [0.5, 0.6) is 5.75 Å². The highest BCUT2D eigenvalue weighted by atomic mass is 19.1. The van der Waals surface area contributed by atoms with E-state index in [-0.39, 0.29) is 6.61 Å². The maximum atomic E-state index is 12.8. The second kappa shape index (κ2) is 7.65. The average Bonchev–Trinajstić information content (AvgIpc) is 3.08. The number of hydrogen-bond donors (Lipinski definition) is 3. The van der Waals surface area contributed by atoms with Gasteiger partial charge in [-0.05, 0) is 66.8 Å². The van der Waals surface area contributed by atoms with E-state index in [1.807, 2.05) is 18.2 Å². The van der Waals surface area contributed by atoms with Gasteiger partial charge in [-0.1, -0.05) is 6.07 Å². The standard InChI is InChI=1S/C18H18FN3O3/c19-14-5-7-15(8-6-14)20-18(24)22-21-17(23)11-25-16-9-4-12-2-1-3-13(12)10-16/h4-10H,1-3,11H2,(H,21,23)(H2,20,22,24). The van der Waals surface area contributed by atoms with Crippen LogP contribution in [-0.2, 0) is 17.6 Å². The molecular formula is C18H18FN3O3. The molecule has 0 saturated heterocycles. The van der Waals surface area contributed by atoms with E-state index in [0.29, 0.717) is 11.4 Å². The summed E-state index contributed by atoms with van der Waals surface area (Å²) in [5.41, 5.74) is 7.43. The quantitative estimate of drug-likeness (QED) is 0.747. The zero-order chi connectivity index (χ0) is 17.6. The Hall–Kier alpha value is -3.09. The van der Waals surface area contributed by atoms with E-state index < -0.39 is 17.8 Å². The van der Waals surface area contributed by atoms with Crippen molar-refractivity contribution in [3.05, 3.63) is 59.4 Å². The molecule has 0 heterocycles. The molecule has 0 radical (unpaired) electrons. The van der Waals surface area contributed by atoms with E-state index in [1.54, 1.807) is 0 Å². The molecule has 0 fully saturated rings. The molecule has 0 spiro atoms. The predicted octanol–water partition coefficient (Wildman–Crippen LogP) is 2.55. The van der Waals surface area contributed by atoms with Crippen LogP contribution in [0.15, 0.2) is 42.5 Å². The van der Waals surface area contributed by atoms with Crippen LogP contribution in [0.25, 0.3) is 0 Å². The molecule has 0 bridgehead atoms. The van der Waals surface area contributed by atoms with Gasteiger partial charge in [-0.3, -0.25) is 10.2 Å². The van der Waals surface area contributed by atoms with Crippen molar-refractivity contribution in [2.24, 2.45) is 0 Å². The van der Waals surface area contributed by atoms with Crippen molar-refractivity contribution in [1.82, 2.24) is 10.9 Å². The third kappa shape index (κ3) is 4.69. The first-order chi connectivity index (χ1) is 12.1. The second-order valence-electron chi connectivity index (χ2n) is 5.71. The minimum absolute atomic E-state index is 0.213. The highest BCUT2D eigenvalue weighted by Crippen LogP contribution is 2.25. The van der Waals surface area contributed by atoms with Crippen molar-refractivity contribution < 1.29 is 18.7 Å². The molecular weight excluding hydrogens is 325 g/mol. The van der Waals surface area contributed by atoms with Crippen molar-refractivity contribution in [1.29, 1.82) is 0 Å². The molecule has 3 amide bonds. The number of fused-ring (bicyclic) bond motifs is 1. The third-order valence-corrected chi connectivity index (χ3v) is 3.86. The van der Waals surface area contributed by atoms with Crippen LogP contribution in [0.1, 0.15) is 17.5 Å². The van der Waals surface area contributed by atoms with Crippen LogP contribution in [0, 0.1) is 5.82 Å². The van der Waals surface area contributed by atoms with E-state index in [0.717, 1.165) is 19.3 Å². The fraction of sp³-hybridized carbons (Fsp3) is 0.222. The number of urea groups is 1. The van der Waals surface area contributed by atoms with Crippen molar-refractivity contribution in [3.8, 4) is 5.75 Å². The molecule has 130 valence electrons. The molecule has 6 nitrogen and oxygen atoms in total. The number of carbonyl (C=O) groups is 2. The number of nitrogens with one attached hydrogen (secondary N) is 3. The summed E-state index contributed by atoms with van der Waals surface area (Å²) in [6, 6.07) is 10.4. The lowest BCUT2D eigenvalue weighted by Crippen LogP contribution is -2.45. The molecule has 7 heteroatoms. The first-order valence-corrected chi connectivity index (χ1v) is 7.96. The molecule has 1 aliphatic carbocycles. The lowest BCUT2D eigenvalue weighted by atomic mass is 10.1. The summed E-state index contributed by atoms with van der Waals surface area (Å²) in [4.78, 5) is 23.4. The summed E-state index contributed by atoms with van der Waals surface area (Å²) in [6.07, 6.45) is 3.26. The van der Waals surface area contributed by atoms with E-state index in [9.17, 15) is 14.0 Å². The molecule has 1 aliphatic rings. The van der Waals surface area contributed by atoms with Gasteiger partial charge in [0.2, 0.25) is 0 Å². The Kier molecular flexibility index (Phi) is 5.13. The zero-order valence-corrected chi connectivity index (χ0v) is 13.5. The molecule has 2 aromatic carbocycles. The van der Waals surface area contributed by atoms with Crippen LogP contribution in [0.2, 0.25) is 0 Å². The number of halogens is 1. The maximum absolute atomic E-state index is 12.8. The van der Waals surface area contributed by atoms with Gasteiger partial charge in [-0.25, -0.2) is 14.6 Å². The highest BCUT2D eigenvalue weighted by Gasteiger charge is 2.12. The molecule has 3 N–H and O–H groups in total. The summed E-state index contributed by atoms with van der Waals surface area (Å²) < 4.78 is 18.2. The van der Waals surface area contributed by atoms with Crippen LogP contribution in [0.4, 0.5) is 14.9 Å². The molecule has 25 heavy (non-hydrogen) atoms. The predicted molar refractivity (Wildman–Crippen MR) is 90.7 cm³/mol. The number of aryl methyl sites for hydroxylation is 2. The Morgan fingerprint density at radius 2 is 1.76 bits per heavy atom. The SMILES string of the molecule is O=C(COc1ccc2c(c1)CCC2)NNC(=O)Nc1ccc(F)cc1. The van der Waals surface area contributed by atoms with E-state index in [1.165, 1.54) is 35.4 Å². The van der Waals surface area contributed by atoms with Gasteiger partial charge in [0.05, 0.1) is 0 Å². The van der Waals surface area contributed by atoms with Crippen LogP contribution >= 0.6 is 0 Å². The largest absolute Gasteiger partial charge is 0.484 e. The van der Waals surface area contributed by atoms with Gasteiger partial charge >= 0.3 is 6.03 Å². The fourth-order valence-corrected chi connectivity index (χ4v) is 2.64. The Bertz CT molecular complexity index is 778. The van der Waals surface area contributed by atoms with Crippen molar-refractivity contribution in [2.45, 2.75) is 19.3 Å². The van der Waals surface area contributed by atoms with Crippen molar-refractivity contribution in [3.63, 3.8) is 0 Å². The topological polar surface area (TPSA) is 79.5 Å². The van der Waals surface area contributed by atoms with Gasteiger partial charge in [0, 0.05) is 5.69 Å². The summed E-state index contributed by atoms with van der Waals surface area (Å²) in [7, 11) is 0. The maximum Gasteiger partial charge on any atom is 0.337 e. The van der Waals surface area contributed by atoms with Gasteiger partial charge in [-0.2, -0.15) is 0 Å². The van der Waals surface area contributed by atoms with Gasteiger partial charge in [-0.15, -0.1) is 0 Å². The van der Waals surface area contributed by atoms with Gasteiger partial charge < -0.3 is 10.1 Å². The van der Waals surface area contributed by atoms with Crippen molar-refractivity contribution in [2.75, 3.05) is 11.9 Å². The van der Waals surface area contributed by atoms with E-state index in [2.05, 4.69) is 16.2 Å². The molecule has 0 aliphatic heterocycles. The Morgan fingerprint density at radius 1 is 1.00 bits per heavy atom. The monoisotopic (exact) mass is 343 g/mol. The number of carbonyl (C=O) groups excluding carboxylic acids is 2. The molecule has 2 aromatic rings. The van der Waals surface area contributed by atoms with Crippen LogP contribution < -0.4 is 20.9 Å². The zero-order valence-electron chi connectivity index (χ0n) is 13.5. The first-order valence-electron chi connectivity index (χ1n) is 7.96. The lowest BCUT2D eigenvalue weighted by Gasteiger charge is -2.10. The number of anilines is 1. The van der Waals surface area contributed by atoms with E-state index in [4.69, 9.17) is 4.74 Å². The number of amides is 3. The Labute approximate surface area is 144 Å². The average molecular weight is 343 g/mol. The Morgan fingerprint density at radius 3 is 2.56 bits per heavy atom. The van der Waals surface area contributed by atoms with Crippen LogP contribution in [-0.4, -0.2) is 18.5 Å². The van der Waals surface area contributed by atoms with E-state index >= 15 is 0 Å². The highest BCUT2D eigenvalue weighted by molar-refractivity contribution is 5.91. The minimum Gasteiger partial charge on any atom is -0.484 e. The summed E-state index contributed by atoms with van der Waals surface area (Å²) in [6.45, 7) is -0.213. The number of hydrogen-bond acceptors (Lipinski definition) is 3. The Balaban J connectivity index is 1.40. The number of ether oxygens (including phenoxy) is 1. The molecule has 0 unspecified atom stereocenters. The van der Waals surface area contributed by atoms with Gasteiger partial charge in [0.25, 0.3) is 5.91 Å². The first kappa shape index (κ1) is 16.8. The number of hydrazine groups is 1. The van der Waals surface area contributed by atoms with Crippen LogP contribution in [0.3, 0.4) is 0 Å². The summed E-state index contributed by atoms with van der Waals surface area (Å²) in [5.74, 6) is -0.260. The number of rotatable bonds is 4. The second-order valence-corrected chi connectivity index (χ2v) is 5.71. The third-order valence-electron chi connectivity index (χ3n) is 3.86. The number of benzene rings is 2. The van der Waals surface area contributed by atoms with Gasteiger partial charge in [0.1, 0.15) is 11.6 Å². The summed E-state index contributed by atoms with van der Waals surface area (Å²) >= 11 is 0. The lowest BCUT2D eigenvalue weighted by molar-refractivity contribution is -0.123.